The molecule has 0 radical (unpaired) electrons. The van der Waals surface area contributed by atoms with E-state index in [2.05, 4.69) is 0 Å². The highest BCUT2D eigenvalue weighted by atomic mass is 19.3. The maximum atomic E-state index is 13.2. The van der Waals surface area contributed by atoms with Crippen LogP contribution in [-0.4, -0.2) is 18.4 Å². The minimum atomic E-state index is -3.14. The highest BCUT2D eigenvalue weighted by Crippen LogP contribution is 2.14. The van der Waals surface area contributed by atoms with Crippen LogP contribution in [0.1, 0.15) is 12.5 Å². The molecule has 0 heterocycles. The first-order valence-electron chi connectivity index (χ1n) is 4.93. The van der Waals surface area contributed by atoms with E-state index in [1.807, 2.05) is 5.32 Å². The number of alkyl halides is 2. The minimum Gasteiger partial charge on any atom is -0.348 e. The maximum absolute atomic E-state index is 13.2. The van der Waals surface area contributed by atoms with Gasteiger partial charge in [0.25, 0.3) is 5.91 Å². The average Bonchev–Trinajstić information content (AvgIpc) is 2.23. The Morgan fingerprint density at radius 3 is 2.29 bits per heavy atom. The van der Waals surface area contributed by atoms with Crippen molar-refractivity contribution in [2.75, 3.05) is 0 Å². The summed E-state index contributed by atoms with van der Waals surface area (Å²) in [7, 11) is 0. The van der Waals surface area contributed by atoms with Crippen molar-refractivity contribution in [2.24, 2.45) is 0 Å². The molecule has 0 aromatic heterocycles. The zero-order valence-corrected chi connectivity index (χ0v) is 9.01. The van der Waals surface area contributed by atoms with E-state index >= 15 is 0 Å². The zero-order valence-electron chi connectivity index (χ0n) is 9.01. The molecule has 0 aliphatic rings. The Labute approximate surface area is 95.6 Å². The Hall–Kier alpha value is -1.59. The normalized spacial score (nSPS) is 12.6. The largest absolute Gasteiger partial charge is 0.348 e. The number of rotatable bonds is 4. The van der Waals surface area contributed by atoms with Crippen LogP contribution >= 0.6 is 0 Å². The molecule has 6 heteroatoms. The third-order valence-corrected chi connectivity index (χ3v) is 2.16. The molecule has 1 amide bonds. The highest BCUT2D eigenvalue weighted by molar-refractivity contribution is 5.79. The van der Waals surface area contributed by atoms with Gasteiger partial charge in [-0.05, 0) is 25.5 Å². The summed E-state index contributed by atoms with van der Waals surface area (Å²) < 4.78 is 50.3. The van der Waals surface area contributed by atoms with Crippen molar-refractivity contribution in [1.82, 2.24) is 5.32 Å². The molecular formula is C11H11F4NO. The molecule has 17 heavy (non-hydrogen) atoms. The third-order valence-electron chi connectivity index (χ3n) is 2.16. The molecule has 94 valence electrons. The highest BCUT2D eigenvalue weighted by Gasteiger charge is 2.19. The van der Waals surface area contributed by atoms with Gasteiger partial charge in [0.15, 0.2) is 0 Å². The lowest BCUT2D eigenvalue weighted by atomic mass is 10.1. The Balaban J connectivity index is 2.68. The van der Waals surface area contributed by atoms with Gasteiger partial charge in [-0.25, -0.2) is 8.78 Å². The predicted octanol–water partition coefficient (Wildman–Crippen LogP) is 2.28. The van der Waals surface area contributed by atoms with Gasteiger partial charge >= 0.3 is 6.43 Å². The smallest absolute Gasteiger partial charge is 0.315 e. The van der Waals surface area contributed by atoms with Crippen molar-refractivity contribution in [3.05, 3.63) is 35.4 Å². The number of carbonyl (C=O) groups excluding carboxylic acids is 1. The van der Waals surface area contributed by atoms with Gasteiger partial charge in [0.1, 0.15) is 11.6 Å². The molecule has 1 aromatic rings. The molecule has 2 nitrogen and oxygen atoms in total. The molecule has 1 atom stereocenters. The van der Waals surface area contributed by atoms with Crippen LogP contribution in [0.15, 0.2) is 18.2 Å². The van der Waals surface area contributed by atoms with Crippen LogP contribution in [0, 0.1) is 11.6 Å². The van der Waals surface area contributed by atoms with Gasteiger partial charge in [0, 0.05) is 11.6 Å². The van der Waals surface area contributed by atoms with Crippen LogP contribution < -0.4 is 5.32 Å². The van der Waals surface area contributed by atoms with Crippen molar-refractivity contribution in [3.8, 4) is 0 Å². The topological polar surface area (TPSA) is 29.1 Å². The quantitative estimate of drug-likeness (QED) is 0.815. The lowest BCUT2D eigenvalue weighted by molar-refractivity contribution is -0.132. The number of halogens is 4. The molecule has 1 unspecified atom stereocenters. The van der Waals surface area contributed by atoms with E-state index in [-0.39, 0.29) is 12.0 Å². The Bertz CT molecular complexity index is 388. The Morgan fingerprint density at radius 1 is 1.29 bits per heavy atom. The molecule has 1 rings (SSSR count). The number of hydrogen-bond acceptors (Lipinski definition) is 1. The van der Waals surface area contributed by atoms with Crippen LogP contribution in [0.3, 0.4) is 0 Å². The number of nitrogens with one attached hydrogen (secondary N) is 1. The number of hydrogen-bond donors (Lipinski definition) is 1. The van der Waals surface area contributed by atoms with Crippen LogP contribution in [0.5, 0.6) is 0 Å². The lowest BCUT2D eigenvalue weighted by Crippen LogP contribution is -2.38. The first kappa shape index (κ1) is 13.5. The maximum Gasteiger partial charge on any atom is 0.315 e. The van der Waals surface area contributed by atoms with Crippen LogP contribution in [0.4, 0.5) is 17.6 Å². The van der Waals surface area contributed by atoms with E-state index in [1.165, 1.54) is 13.0 Å². The molecule has 0 aliphatic carbocycles. The molecule has 1 aromatic carbocycles. The molecule has 0 bridgehead atoms. The molecule has 0 aliphatic heterocycles. The van der Waals surface area contributed by atoms with Gasteiger partial charge in [-0.15, -0.1) is 0 Å². The third kappa shape index (κ3) is 3.72. The van der Waals surface area contributed by atoms with Crippen molar-refractivity contribution in [2.45, 2.75) is 25.8 Å². The van der Waals surface area contributed by atoms with E-state index in [9.17, 15) is 22.4 Å². The fourth-order valence-corrected chi connectivity index (χ4v) is 1.39. The first-order valence-corrected chi connectivity index (χ1v) is 4.93. The standard InChI is InChI=1S/C11H11F4NO/c1-6(16-11(17)10(14)15)5-7-8(12)3-2-4-9(7)13/h2-4,6,10H,5H2,1H3,(H,16,17). The van der Waals surface area contributed by atoms with Gasteiger partial charge in [0.05, 0.1) is 0 Å². The summed E-state index contributed by atoms with van der Waals surface area (Å²) >= 11 is 0. The van der Waals surface area contributed by atoms with Gasteiger partial charge in [-0.3, -0.25) is 4.79 Å². The zero-order chi connectivity index (χ0) is 13.0. The van der Waals surface area contributed by atoms with Crippen molar-refractivity contribution in [3.63, 3.8) is 0 Å². The Morgan fingerprint density at radius 2 is 1.82 bits per heavy atom. The van der Waals surface area contributed by atoms with Gasteiger partial charge < -0.3 is 5.32 Å². The average molecular weight is 249 g/mol. The minimum absolute atomic E-state index is 0.184. The summed E-state index contributed by atoms with van der Waals surface area (Å²) in [5.41, 5.74) is -0.227. The molecule has 1 N–H and O–H groups in total. The number of benzene rings is 1. The summed E-state index contributed by atoms with van der Waals surface area (Å²) in [5, 5.41) is 1.96. The van der Waals surface area contributed by atoms with Gasteiger partial charge in [-0.1, -0.05) is 6.07 Å². The second-order valence-electron chi connectivity index (χ2n) is 3.61. The second-order valence-corrected chi connectivity index (χ2v) is 3.61. The van der Waals surface area contributed by atoms with E-state index in [4.69, 9.17) is 0 Å². The van der Waals surface area contributed by atoms with Crippen molar-refractivity contribution < 1.29 is 22.4 Å². The Kier molecular flexibility index (Phi) is 4.48. The molecule has 0 fully saturated rings. The monoisotopic (exact) mass is 249 g/mol. The summed E-state index contributed by atoms with van der Waals surface area (Å²) in [6.07, 6.45) is -3.32. The van der Waals surface area contributed by atoms with Crippen LogP contribution in [0.25, 0.3) is 0 Å². The summed E-state index contributed by atoms with van der Waals surface area (Å²) in [4.78, 5) is 10.7. The van der Waals surface area contributed by atoms with E-state index in [0.717, 1.165) is 12.1 Å². The van der Waals surface area contributed by atoms with Crippen molar-refractivity contribution in [1.29, 1.82) is 0 Å². The van der Waals surface area contributed by atoms with Crippen LogP contribution in [-0.2, 0) is 11.2 Å². The van der Waals surface area contributed by atoms with Crippen LogP contribution in [0.2, 0.25) is 0 Å². The van der Waals surface area contributed by atoms with E-state index < -0.39 is 30.0 Å². The molecular weight excluding hydrogens is 238 g/mol. The van der Waals surface area contributed by atoms with Gasteiger partial charge in [-0.2, -0.15) is 8.78 Å². The predicted molar refractivity (Wildman–Crippen MR) is 53.7 cm³/mol. The number of carbonyl (C=O) groups is 1. The first-order chi connectivity index (χ1) is 7.91. The van der Waals surface area contributed by atoms with Gasteiger partial charge in [0.2, 0.25) is 0 Å². The second kappa shape index (κ2) is 5.65. The summed E-state index contributed by atoms with van der Waals surface area (Å²) in [6.45, 7) is 1.40. The SMILES string of the molecule is CC(Cc1c(F)cccc1F)NC(=O)C(F)F. The van der Waals surface area contributed by atoms with E-state index in [1.54, 1.807) is 0 Å². The summed E-state index contributed by atoms with van der Waals surface area (Å²) in [5.74, 6) is -2.97. The van der Waals surface area contributed by atoms with E-state index in [0.29, 0.717) is 0 Å². The molecule has 0 saturated carbocycles. The summed E-state index contributed by atoms with van der Waals surface area (Å²) in [6, 6.07) is 2.57. The van der Waals surface area contributed by atoms with Crippen molar-refractivity contribution >= 4 is 5.91 Å². The fraction of sp³-hybridized carbons (Fsp3) is 0.364. The molecule has 0 spiro atoms. The lowest BCUT2D eigenvalue weighted by Gasteiger charge is -2.14. The fourth-order valence-electron chi connectivity index (χ4n) is 1.39. The number of amides is 1. The molecule has 0 saturated heterocycles.